The molecule has 0 atom stereocenters. The Morgan fingerprint density at radius 1 is 1.12 bits per heavy atom. The van der Waals surface area contributed by atoms with Gasteiger partial charge in [-0.05, 0) is 18.9 Å². The monoisotopic (exact) mass is 333 g/mol. The molecule has 1 fully saturated rings. The Kier molecular flexibility index (Phi) is 2.78. The first kappa shape index (κ1) is 13.9. The summed E-state index contributed by atoms with van der Waals surface area (Å²) >= 11 is 0. The number of aromatic nitrogens is 7. The van der Waals surface area contributed by atoms with E-state index >= 15 is 0 Å². The van der Waals surface area contributed by atoms with Crippen molar-refractivity contribution in [1.29, 1.82) is 0 Å². The Hall–Kier alpha value is -3.49. The van der Waals surface area contributed by atoms with Crippen LogP contribution in [0.1, 0.15) is 18.5 Å². The molecule has 4 aromatic rings. The second-order valence-corrected chi connectivity index (χ2v) is 6.19. The molecule has 5 N–H and O–H groups in total. The van der Waals surface area contributed by atoms with Gasteiger partial charge in [-0.1, -0.05) is 12.1 Å². The molecule has 0 bridgehead atoms. The highest BCUT2D eigenvalue weighted by Crippen LogP contribution is 2.46. The van der Waals surface area contributed by atoms with E-state index in [0.717, 1.165) is 35.0 Å². The number of nitrogens with zero attached hydrogens (tertiary/aromatic N) is 5. The van der Waals surface area contributed by atoms with E-state index in [4.69, 9.17) is 5.73 Å². The van der Waals surface area contributed by atoms with Crippen molar-refractivity contribution in [2.24, 2.45) is 0 Å². The first-order valence-electron chi connectivity index (χ1n) is 7.94. The minimum absolute atomic E-state index is 0.178. The van der Waals surface area contributed by atoms with Gasteiger partial charge in [0.05, 0.1) is 35.5 Å². The highest BCUT2D eigenvalue weighted by atomic mass is 15.2. The van der Waals surface area contributed by atoms with Crippen LogP contribution in [0.25, 0.3) is 22.3 Å². The van der Waals surface area contributed by atoms with Gasteiger partial charge in [0.25, 0.3) is 0 Å². The second kappa shape index (κ2) is 5.00. The zero-order valence-electron chi connectivity index (χ0n) is 13.2. The van der Waals surface area contributed by atoms with Gasteiger partial charge in [0.15, 0.2) is 5.82 Å². The van der Waals surface area contributed by atoms with E-state index in [-0.39, 0.29) is 11.5 Å². The van der Waals surface area contributed by atoms with Crippen molar-refractivity contribution >= 4 is 22.8 Å². The number of rotatable bonds is 4. The molecule has 1 saturated carbocycles. The molecule has 1 aliphatic rings. The van der Waals surface area contributed by atoms with E-state index in [1.807, 2.05) is 24.4 Å². The quantitative estimate of drug-likeness (QED) is 0.447. The normalized spacial score (nSPS) is 15.4. The maximum Gasteiger partial charge on any atom is 0.228 e. The number of nitrogens with two attached hydrogens (primary N) is 1. The lowest BCUT2D eigenvalue weighted by molar-refractivity contribution is 0.760. The van der Waals surface area contributed by atoms with Crippen LogP contribution >= 0.6 is 0 Å². The molecular formula is C16H15N9. The Morgan fingerprint density at radius 3 is 2.84 bits per heavy atom. The van der Waals surface area contributed by atoms with E-state index in [0.29, 0.717) is 11.8 Å². The molecule has 0 spiro atoms. The summed E-state index contributed by atoms with van der Waals surface area (Å²) in [5.41, 5.74) is 8.49. The average Bonchev–Trinajstić information content (AvgIpc) is 3.05. The molecule has 0 unspecified atom stereocenters. The van der Waals surface area contributed by atoms with Gasteiger partial charge in [0.1, 0.15) is 0 Å². The molecule has 1 aromatic carbocycles. The van der Waals surface area contributed by atoms with Gasteiger partial charge in [0, 0.05) is 10.9 Å². The first-order chi connectivity index (χ1) is 12.2. The van der Waals surface area contributed by atoms with Gasteiger partial charge in [-0.2, -0.15) is 20.1 Å². The SMILES string of the molecule is Nc1nc(NC2(c3cnc[nH]3)CC2)nc(-c2ccc3cn[nH]c3c2)n1. The summed E-state index contributed by atoms with van der Waals surface area (Å²) < 4.78 is 0. The van der Waals surface area contributed by atoms with Crippen molar-refractivity contribution in [2.75, 3.05) is 11.1 Å². The van der Waals surface area contributed by atoms with Crippen LogP contribution in [-0.2, 0) is 5.54 Å². The van der Waals surface area contributed by atoms with Crippen LogP contribution in [0.5, 0.6) is 0 Å². The molecule has 9 heteroatoms. The Balaban J connectivity index is 1.52. The van der Waals surface area contributed by atoms with E-state index in [1.54, 1.807) is 12.5 Å². The van der Waals surface area contributed by atoms with Crippen LogP contribution in [0.15, 0.2) is 36.9 Å². The number of imidazole rings is 1. The van der Waals surface area contributed by atoms with Gasteiger partial charge in [0.2, 0.25) is 11.9 Å². The molecule has 3 aromatic heterocycles. The lowest BCUT2D eigenvalue weighted by Gasteiger charge is -2.16. The van der Waals surface area contributed by atoms with Crippen LogP contribution in [0.3, 0.4) is 0 Å². The van der Waals surface area contributed by atoms with Crippen molar-refractivity contribution in [3.05, 3.63) is 42.6 Å². The van der Waals surface area contributed by atoms with Gasteiger partial charge >= 0.3 is 0 Å². The van der Waals surface area contributed by atoms with Crippen LogP contribution in [0.4, 0.5) is 11.9 Å². The summed E-state index contributed by atoms with van der Waals surface area (Å²) in [6.45, 7) is 0. The molecule has 9 nitrogen and oxygen atoms in total. The highest BCUT2D eigenvalue weighted by molar-refractivity contribution is 5.82. The molecule has 0 radical (unpaired) electrons. The largest absolute Gasteiger partial charge is 0.368 e. The van der Waals surface area contributed by atoms with E-state index in [2.05, 4.69) is 40.4 Å². The van der Waals surface area contributed by atoms with Crippen molar-refractivity contribution in [3.8, 4) is 11.4 Å². The Morgan fingerprint density at radius 2 is 2.04 bits per heavy atom. The highest BCUT2D eigenvalue weighted by Gasteiger charge is 2.46. The number of H-pyrrole nitrogens is 2. The number of nitrogens with one attached hydrogen (secondary N) is 3. The summed E-state index contributed by atoms with van der Waals surface area (Å²) in [5.74, 6) is 1.16. The summed E-state index contributed by atoms with van der Waals surface area (Å²) in [6, 6.07) is 5.86. The fraction of sp³-hybridized carbons (Fsp3) is 0.188. The smallest absolute Gasteiger partial charge is 0.228 e. The third kappa shape index (κ3) is 2.36. The number of hydrogen-bond donors (Lipinski definition) is 4. The predicted octanol–water partition coefficient (Wildman–Crippen LogP) is 1.82. The number of aromatic amines is 2. The molecule has 25 heavy (non-hydrogen) atoms. The lowest BCUT2D eigenvalue weighted by atomic mass is 10.1. The number of fused-ring (bicyclic) bond motifs is 1. The number of hydrogen-bond acceptors (Lipinski definition) is 7. The van der Waals surface area contributed by atoms with Gasteiger partial charge in [-0.15, -0.1) is 0 Å². The molecule has 0 aliphatic heterocycles. The number of benzene rings is 1. The second-order valence-electron chi connectivity index (χ2n) is 6.19. The molecule has 1 aliphatic carbocycles. The maximum atomic E-state index is 5.90. The molecule has 5 rings (SSSR count). The zero-order chi connectivity index (χ0) is 16.9. The van der Waals surface area contributed by atoms with Crippen molar-refractivity contribution in [2.45, 2.75) is 18.4 Å². The van der Waals surface area contributed by atoms with Crippen molar-refractivity contribution in [3.63, 3.8) is 0 Å². The summed E-state index contributed by atoms with van der Waals surface area (Å²) in [5, 5.41) is 11.4. The number of nitrogen functional groups attached to an aromatic ring is 1. The molecule has 0 amide bonds. The third-order valence-electron chi connectivity index (χ3n) is 4.47. The zero-order valence-corrected chi connectivity index (χ0v) is 13.2. The lowest BCUT2D eigenvalue weighted by Crippen LogP contribution is -2.21. The Bertz CT molecular complexity index is 1050. The molecular weight excluding hydrogens is 318 g/mol. The van der Waals surface area contributed by atoms with Crippen LogP contribution < -0.4 is 11.1 Å². The summed E-state index contributed by atoms with van der Waals surface area (Å²) in [7, 11) is 0. The van der Waals surface area contributed by atoms with Crippen LogP contribution in [-0.4, -0.2) is 35.1 Å². The number of anilines is 2. The predicted molar refractivity (Wildman–Crippen MR) is 92.4 cm³/mol. The van der Waals surface area contributed by atoms with E-state index in [1.165, 1.54) is 0 Å². The fourth-order valence-electron chi connectivity index (χ4n) is 2.97. The average molecular weight is 333 g/mol. The van der Waals surface area contributed by atoms with Gasteiger partial charge in [-0.25, -0.2) is 4.98 Å². The topological polar surface area (TPSA) is 134 Å². The first-order valence-corrected chi connectivity index (χ1v) is 7.94. The van der Waals surface area contributed by atoms with Crippen molar-refractivity contribution in [1.82, 2.24) is 35.1 Å². The van der Waals surface area contributed by atoms with Gasteiger partial charge < -0.3 is 16.0 Å². The maximum absolute atomic E-state index is 5.90. The third-order valence-corrected chi connectivity index (χ3v) is 4.47. The standard InChI is InChI=1S/C16H15N9/c17-14-21-13(9-1-2-10-6-20-25-11(10)5-9)22-15(23-14)24-16(3-4-16)12-7-18-8-19-12/h1-2,5-8H,3-4H2,(H,18,19)(H,20,25)(H3,17,21,22,23,24). The molecule has 3 heterocycles. The van der Waals surface area contributed by atoms with E-state index < -0.39 is 0 Å². The minimum Gasteiger partial charge on any atom is -0.368 e. The van der Waals surface area contributed by atoms with Crippen LogP contribution in [0, 0.1) is 0 Å². The van der Waals surface area contributed by atoms with E-state index in [9.17, 15) is 0 Å². The molecule has 124 valence electrons. The summed E-state index contributed by atoms with van der Waals surface area (Å²) in [4.78, 5) is 20.3. The van der Waals surface area contributed by atoms with Gasteiger partial charge in [-0.3, -0.25) is 5.10 Å². The van der Waals surface area contributed by atoms with Crippen LogP contribution in [0.2, 0.25) is 0 Å². The minimum atomic E-state index is -0.200. The summed E-state index contributed by atoms with van der Waals surface area (Å²) in [6.07, 6.45) is 7.23. The Labute approximate surface area is 142 Å². The fourth-order valence-corrected chi connectivity index (χ4v) is 2.97. The molecule has 0 saturated heterocycles. The van der Waals surface area contributed by atoms with Crippen molar-refractivity contribution < 1.29 is 0 Å².